The summed E-state index contributed by atoms with van der Waals surface area (Å²) in [6.45, 7) is 0. The van der Waals surface area contributed by atoms with E-state index < -0.39 is 0 Å². The van der Waals surface area contributed by atoms with E-state index in [4.69, 9.17) is 0 Å². The summed E-state index contributed by atoms with van der Waals surface area (Å²) in [6, 6.07) is 2.80. The molecule has 1 heterocycles. The predicted molar refractivity (Wildman–Crippen MR) is 31.8 cm³/mol. The van der Waals surface area contributed by atoms with Gasteiger partial charge in [-0.05, 0) is 0 Å². The maximum absolute atomic E-state index is 10.4. The van der Waals surface area contributed by atoms with Gasteiger partial charge in [-0.25, -0.2) is 0 Å². The van der Waals surface area contributed by atoms with E-state index in [-0.39, 0.29) is 5.75 Å². The molecule has 1 aromatic heterocycles. The first-order valence-corrected chi connectivity index (χ1v) is 2.55. The van der Waals surface area contributed by atoms with Crippen LogP contribution in [0.25, 0.3) is 0 Å². The lowest BCUT2D eigenvalue weighted by atomic mass is 10.5. The highest BCUT2D eigenvalue weighted by Crippen LogP contribution is 2.04. The molecule has 0 spiro atoms. The third-order valence-corrected chi connectivity index (χ3v) is 0.982. The van der Waals surface area contributed by atoms with Gasteiger partial charge in [-0.2, -0.15) is 0 Å². The summed E-state index contributed by atoms with van der Waals surface area (Å²) in [5.74, 6) is -0.0475. The number of aromatic nitrogens is 1. The van der Waals surface area contributed by atoms with E-state index in [2.05, 4.69) is 17.2 Å². The maximum Gasteiger partial charge on any atom is 0.183 e. The zero-order valence-electron chi connectivity index (χ0n) is 4.05. The Balaban J connectivity index is 3.28. The zero-order chi connectivity index (χ0) is 5.98. The van der Waals surface area contributed by atoms with Crippen LogP contribution in [0.15, 0.2) is 18.3 Å². The molecule has 0 bridgehead atoms. The molecule has 1 rings (SSSR count). The molecule has 0 amide bonds. The molecule has 2 nitrogen and oxygen atoms in total. The first kappa shape index (κ1) is 5.31. The summed E-state index contributed by atoms with van der Waals surface area (Å²) in [7, 11) is 0. The number of hydrogen-bond donors (Lipinski definition) is 1. The Morgan fingerprint density at radius 3 is 2.75 bits per heavy atom. The summed E-state index contributed by atoms with van der Waals surface area (Å²) < 4.78 is 0.484. The summed E-state index contributed by atoms with van der Waals surface area (Å²) >= 11 is 4.64. The van der Waals surface area contributed by atoms with Crippen LogP contribution in [-0.2, 0) is 5.11 Å². The smallest absolute Gasteiger partial charge is 0.183 e. The summed E-state index contributed by atoms with van der Waals surface area (Å²) in [5.41, 5.74) is 0. The fourth-order valence-corrected chi connectivity index (χ4v) is 0.609. The molecule has 8 heavy (non-hydrogen) atoms. The monoisotopic (exact) mass is 126 g/mol. The topological polar surface area (TPSA) is 35.7 Å². The van der Waals surface area contributed by atoms with E-state index in [1.165, 1.54) is 18.3 Å². The second-order valence-corrected chi connectivity index (χ2v) is 1.83. The molecule has 0 atom stereocenters. The molecule has 1 radical (unpaired) electrons. The largest absolute Gasteiger partial charge is 0.353 e. The molecule has 0 saturated heterocycles. The lowest BCUT2D eigenvalue weighted by Gasteiger charge is -1.81. The molecule has 0 saturated carbocycles. The van der Waals surface area contributed by atoms with Crippen LogP contribution >= 0.6 is 12.2 Å². The highest BCUT2D eigenvalue weighted by Gasteiger charge is 1.83. The minimum Gasteiger partial charge on any atom is -0.353 e. The Labute approximate surface area is 51.8 Å². The molecule has 0 aliphatic rings. The van der Waals surface area contributed by atoms with Gasteiger partial charge in [-0.3, -0.25) is 5.11 Å². The van der Waals surface area contributed by atoms with E-state index in [9.17, 15) is 5.11 Å². The predicted octanol–water partition coefficient (Wildman–Crippen LogP) is 1.89. The lowest BCUT2D eigenvalue weighted by Crippen LogP contribution is -1.67. The van der Waals surface area contributed by atoms with Gasteiger partial charge >= 0.3 is 0 Å². The van der Waals surface area contributed by atoms with Crippen LogP contribution in [-0.4, -0.2) is 4.98 Å². The standard InChI is InChI=1S/C5H4NOS/c7-4-1-2-6-5(8)3-4/h1-3H,(H,6,8). The van der Waals surface area contributed by atoms with Crippen molar-refractivity contribution in [1.82, 2.24) is 4.98 Å². The van der Waals surface area contributed by atoms with Gasteiger partial charge < -0.3 is 4.98 Å². The Morgan fingerprint density at radius 2 is 2.38 bits per heavy atom. The van der Waals surface area contributed by atoms with E-state index in [1.807, 2.05) is 0 Å². The van der Waals surface area contributed by atoms with Crippen LogP contribution in [0.5, 0.6) is 5.75 Å². The van der Waals surface area contributed by atoms with Gasteiger partial charge in [0.1, 0.15) is 4.64 Å². The quantitative estimate of drug-likeness (QED) is 0.529. The van der Waals surface area contributed by atoms with Crippen LogP contribution in [0.2, 0.25) is 0 Å². The molecule has 0 fully saturated rings. The normalized spacial score (nSPS) is 9.00. The molecule has 0 aliphatic carbocycles. The van der Waals surface area contributed by atoms with Crippen LogP contribution in [0.4, 0.5) is 0 Å². The number of pyridine rings is 1. The first-order valence-electron chi connectivity index (χ1n) is 2.15. The second-order valence-electron chi connectivity index (χ2n) is 1.39. The van der Waals surface area contributed by atoms with Crippen LogP contribution in [0, 0.1) is 4.64 Å². The van der Waals surface area contributed by atoms with Crippen molar-refractivity contribution in [3.63, 3.8) is 0 Å². The lowest BCUT2D eigenvalue weighted by molar-refractivity contribution is 0.354. The molecule has 3 heteroatoms. The average molecular weight is 126 g/mol. The van der Waals surface area contributed by atoms with Crippen LogP contribution < -0.4 is 0 Å². The van der Waals surface area contributed by atoms with Gasteiger partial charge in [-0.1, -0.05) is 12.2 Å². The Morgan fingerprint density at radius 1 is 1.62 bits per heavy atom. The molecular weight excluding hydrogens is 122 g/mol. The van der Waals surface area contributed by atoms with E-state index >= 15 is 0 Å². The van der Waals surface area contributed by atoms with E-state index in [1.54, 1.807) is 0 Å². The Kier molecular flexibility index (Phi) is 1.30. The van der Waals surface area contributed by atoms with Crippen LogP contribution in [0.1, 0.15) is 0 Å². The van der Waals surface area contributed by atoms with Gasteiger partial charge in [-0.15, -0.1) is 0 Å². The highest BCUT2D eigenvalue weighted by atomic mass is 32.1. The fourth-order valence-electron chi connectivity index (χ4n) is 0.425. The van der Waals surface area contributed by atoms with Gasteiger partial charge in [0.15, 0.2) is 5.75 Å². The molecule has 0 unspecified atom stereocenters. The fraction of sp³-hybridized carbons (Fsp3) is 0. The SMILES string of the molecule is [O]c1cc[nH]c(=S)c1. The van der Waals surface area contributed by atoms with Crippen LogP contribution in [0.3, 0.4) is 0 Å². The van der Waals surface area contributed by atoms with Crippen molar-refractivity contribution in [3.8, 4) is 5.75 Å². The average Bonchev–Trinajstić information content (AvgIpc) is 1.64. The second kappa shape index (κ2) is 1.96. The number of H-pyrrole nitrogens is 1. The van der Waals surface area contributed by atoms with Crippen molar-refractivity contribution in [2.45, 2.75) is 0 Å². The minimum absolute atomic E-state index is 0.0475. The molecular formula is C5H4NOS. The number of rotatable bonds is 0. The van der Waals surface area contributed by atoms with Crippen molar-refractivity contribution in [3.05, 3.63) is 23.0 Å². The van der Waals surface area contributed by atoms with Crippen molar-refractivity contribution in [2.24, 2.45) is 0 Å². The number of nitrogens with one attached hydrogen (secondary N) is 1. The third-order valence-electron chi connectivity index (χ3n) is 0.747. The van der Waals surface area contributed by atoms with Gasteiger partial charge in [0, 0.05) is 18.3 Å². The van der Waals surface area contributed by atoms with E-state index in [0.29, 0.717) is 4.64 Å². The molecule has 41 valence electrons. The molecule has 1 N–H and O–H groups in total. The van der Waals surface area contributed by atoms with Gasteiger partial charge in [0.05, 0.1) is 0 Å². The number of aromatic amines is 1. The maximum atomic E-state index is 10.4. The van der Waals surface area contributed by atoms with Gasteiger partial charge in [0.2, 0.25) is 0 Å². The first-order chi connectivity index (χ1) is 3.79. The molecule has 0 aliphatic heterocycles. The van der Waals surface area contributed by atoms with Gasteiger partial charge in [0.25, 0.3) is 0 Å². The molecule has 0 aromatic carbocycles. The molecule has 1 aromatic rings. The zero-order valence-corrected chi connectivity index (χ0v) is 4.87. The summed E-state index contributed by atoms with van der Waals surface area (Å²) in [6.07, 6.45) is 1.53. The van der Waals surface area contributed by atoms with Crippen molar-refractivity contribution in [1.29, 1.82) is 0 Å². The summed E-state index contributed by atoms with van der Waals surface area (Å²) in [4.78, 5) is 2.69. The Hall–Kier alpha value is -0.830. The van der Waals surface area contributed by atoms with Crippen molar-refractivity contribution in [2.75, 3.05) is 0 Å². The third kappa shape index (κ3) is 1.07. The van der Waals surface area contributed by atoms with Crippen molar-refractivity contribution >= 4 is 12.2 Å². The number of hydrogen-bond acceptors (Lipinski definition) is 1. The summed E-state index contributed by atoms with van der Waals surface area (Å²) in [5, 5.41) is 10.4. The Bertz CT molecular complexity index is 230. The van der Waals surface area contributed by atoms with E-state index in [0.717, 1.165) is 0 Å². The minimum atomic E-state index is -0.0475. The highest BCUT2D eigenvalue weighted by molar-refractivity contribution is 7.71. The van der Waals surface area contributed by atoms with Crippen molar-refractivity contribution < 1.29 is 5.11 Å².